The number of benzene rings is 2. The summed E-state index contributed by atoms with van der Waals surface area (Å²) in [6.45, 7) is 0.670. The number of nitrogens with zero attached hydrogens (tertiary/aromatic N) is 2. The monoisotopic (exact) mass is 443 g/mol. The summed E-state index contributed by atoms with van der Waals surface area (Å²) in [5, 5.41) is 10.1. The first-order chi connectivity index (χ1) is 16.1. The predicted molar refractivity (Wildman–Crippen MR) is 125 cm³/mol. The maximum atomic E-state index is 13.0. The van der Waals surface area contributed by atoms with Crippen LogP contribution in [0.4, 0.5) is 0 Å². The molecule has 0 spiro atoms. The van der Waals surface area contributed by atoms with Crippen molar-refractivity contribution in [3.05, 3.63) is 106 Å². The van der Waals surface area contributed by atoms with Gasteiger partial charge >= 0.3 is 0 Å². The van der Waals surface area contributed by atoms with Crippen LogP contribution in [0.2, 0.25) is 0 Å². The third-order valence-electron chi connectivity index (χ3n) is 6.19. The van der Waals surface area contributed by atoms with Gasteiger partial charge in [0.15, 0.2) is 11.4 Å². The van der Waals surface area contributed by atoms with Crippen molar-refractivity contribution in [1.82, 2.24) is 9.58 Å². The molecule has 2 aromatic carbocycles. The molecule has 7 nitrogen and oxygen atoms in total. The van der Waals surface area contributed by atoms with Gasteiger partial charge < -0.3 is 20.2 Å². The van der Waals surface area contributed by atoms with Crippen LogP contribution in [0.3, 0.4) is 0 Å². The van der Waals surface area contributed by atoms with Gasteiger partial charge in [-0.25, -0.2) is 0 Å². The van der Waals surface area contributed by atoms with Gasteiger partial charge in [-0.05, 0) is 36.1 Å². The van der Waals surface area contributed by atoms with Crippen molar-refractivity contribution in [3.8, 4) is 11.5 Å². The lowest BCUT2D eigenvalue weighted by atomic mass is 10.0. The second-order valence-corrected chi connectivity index (χ2v) is 8.38. The number of carbonyl (C=O) groups excluding carboxylic acids is 1. The molecule has 2 heterocycles. The Kier molecular flexibility index (Phi) is 5.38. The molecule has 1 saturated carbocycles. The minimum atomic E-state index is -0.568. The van der Waals surface area contributed by atoms with E-state index in [0.29, 0.717) is 13.3 Å². The van der Waals surface area contributed by atoms with Crippen LogP contribution in [0.1, 0.15) is 34.5 Å². The van der Waals surface area contributed by atoms with Gasteiger partial charge in [-0.15, -0.1) is 0 Å². The van der Waals surface area contributed by atoms with Crippen LogP contribution in [-0.2, 0) is 6.42 Å². The Morgan fingerprint density at radius 3 is 2.58 bits per heavy atom. The van der Waals surface area contributed by atoms with Gasteiger partial charge in [-0.1, -0.05) is 54.6 Å². The summed E-state index contributed by atoms with van der Waals surface area (Å²) in [7, 11) is 0. The lowest BCUT2D eigenvalue weighted by molar-refractivity contribution is 0.0657. The van der Waals surface area contributed by atoms with E-state index >= 15 is 0 Å². The Morgan fingerprint density at radius 2 is 1.79 bits per heavy atom. The summed E-state index contributed by atoms with van der Waals surface area (Å²) in [5.41, 5.74) is 4.37. The highest BCUT2D eigenvalue weighted by Gasteiger charge is 2.50. The molecule has 2 N–H and O–H groups in total. The molecule has 1 aliphatic heterocycles. The zero-order chi connectivity index (χ0) is 22.8. The Hall–Kier alpha value is -4.00. The van der Waals surface area contributed by atoms with Crippen LogP contribution in [0.5, 0.6) is 11.5 Å². The smallest absolute Gasteiger partial charge is 0.278 e. The highest BCUT2D eigenvalue weighted by molar-refractivity contribution is 5.97. The van der Waals surface area contributed by atoms with Crippen molar-refractivity contribution in [3.63, 3.8) is 0 Å². The average Bonchev–Trinajstić information content (AvgIpc) is 3.61. The molecule has 1 aromatic heterocycles. The largest absolute Gasteiger partial charge is 0.502 e. The number of amides is 1. The molecular weight excluding hydrogens is 418 g/mol. The summed E-state index contributed by atoms with van der Waals surface area (Å²) < 4.78 is 7.45. The Balaban J connectivity index is 1.26. The molecule has 0 atom stereocenters. The van der Waals surface area contributed by atoms with Crippen LogP contribution in [-0.4, -0.2) is 39.4 Å². The molecule has 1 fully saturated rings. The van der Waals surface area contributed by atoms with E-state index in [4.69, 9.17) is 4.74 Å². The van der Waals surface area contributed by atoms with Gasteiger partial charge in [0.25, 0.3) is 5.91 Å². The highest BCUT2D eigenvalue weighted by Crippen LogP contribution is 2.44. The van der Waals surface area contributed by atoms with Crippen LogP contribution < -0.4 is 15.6 Å². The topological polar surface area (TPSA) is 83.8 Å². The molecule has 1 aliphatic carbocycles. The maximum Gasteiger partial charge on any atom is 0.278 e. The van der Waals surface area contributed by atoms with E-state index in [2.05, 4.69) is 23.6 Å². The molecule has 168 valence electrons. The van der Waals surface area contributed by atoms with Gasteiger partial charge in [0.1, 0.15) is 19.0 Å². The maximum absolute atomic E-state index is 13.0. The quantitative estimate of drug-likeness (QED) is 0.548. The molecule has 0 bridgehead atoms. The van der Waals surface area contributed by atoms with Crippen molar-refractivity contribution >= 4 is 5.91 Å². The SMILES string of the molecule is O=C1c2c(O)c(=O)ccn2NCN1C1(/C=C/COc2ccccc2Cc2ccccc2)CC1. The summed E-state index contributed by atoms with van der Waals surface area (Å²) in [6, 6.07) is 19.5. The Labute approximate surface area is 191 Å². The van der Waals surface area contributed by atoms with E-state index < -0.39 is 16.7 Å². The minimum Gasteiger partial charge on any atom is -0.502 e. The number of aromatic nitrogens is 1. The normalized spacial score (nSPS) is 16.4. The van der Waals surface area contributed by atoms with Gasteiger partial charge in [0.05, 0.1) is 5.54 Å². The number of fused-ring (bicyclic) bond motifs is 1. The molecule has 2 aliphatic rings. The highest BCUT2D eigenvalue weighted by atomic mass is 16.5. The number of para-hydroxylation sites is 1. The summed E-state index contributed by atoms with van der Waals surface area (Å²) in [6.07, 6.45) is 7.83. The molecule has 5 rings (SSSR count). The van der Waals surface area contributed by atoms with Gasteiger partial charge in [-0.2, -0.15) is 0 Å². The van der Waals surface area contributed by atoms with E-state index in [0.717, 1.165) is 30.6 Å². The van der Waals surface area contributed by atoms with E-state index in [1.807, 2.05) is 48.6 Å². The Morgan fingerprint density at radius 1 is 1.03 bits per heavy atom. The second-order valence-electron chi connectivity index (χ2n) is 8.38. The summed E-state index contributed by atoms with van der Waals surface area (Å²) >= 11 is 0. The van der Waals surface area contributed by atoms with E-state index in [9.17, 15) is 14.7 Å². The minimum absolute atomic E-state index is 0.0282. The first-order valence-corrected chi connectivity index (χ1v) is 11.0. The third-order valence-corrected chi connectivity index (χ3v) is 6.19. The molecule has 0 saturated heterocycles. The molecule has 7 heteroatoms. The van der Waals surface area contributed by atoms with E-state index in [-0.39, 0.29) is 11.6 Å². The molecule has 33 heavy (non-hydrogen) atoms. The average molecular weight is 444 g/mol. The summed E-state index contributed by atoms with van der Waals surface area (Å²) in [5.74, 6) is -0.0529. The zero-order valence-electron chi connectivity index (χ0n) is 18.1. The van der Waals surface area contributed by atoms with Crippen LogP contribution in [0.15, 0.2) is 83.8 Å². The molecule has 0 radical (unpaired) electrons. The summed E-state index contributed by atoms with van der Waals surface area (Å²) in [4.78, 5) is 26.5. The van der Waals surface area contributed by atoms with Crippen molar-refractivity contribution in [2.45, 2.75) is 24.8 Å². The number of hydrogen-bond donors (Lipinski definition) is 2. The predicted octanol–water partition coefficient (Wildman–Crippen LogP) is 3.27. The number of aromatic hydroxyl groups is 1. The van der Waals surface area contributed by atoms with Crippen LogP contribution >= 0.6 is 0 Å². The fourth-order valence-electron chi connectivity index (χ4n) is 4.24. The zero-order valence-corrected chi connectivity index (χ0v) is 18.1. The number of rotatable bonds is 7. The molecule has 3 aromatic rings. The van der Waals surface area contributed by atoms with Crippen LogP contribution in [0, 0.1) is 0 Å². The number of nitrogens with one attached hydrogen (secondary N) is 1. The molecule has 0 unspecified atom stereocenters. The third kappa shape index (κ3) is 4.09. The van der Waals surface area contributed by atoms with Crippen molar-refractivity contribution < 1.29 is 14.6 Å². The molecular formula is C26H25N3O4. The van der Waals surface area contributed by atoms with Gasteiger partial charge in [0, 0.05) is 18.7 Å². The van der Waals surface area contributed by atoms with E-state index in [1.54, 1.807) is 4.90 Å². The molecule has 1 amide bonds. The number of pyridine rings is 1. The lowest BCUT2D eigenvalue weighted by Gasteiger charge is -2.36. The first kappa shape index (κ1) is 20.9. The Bertz CT molecular complexity index is 1260. The fourth-order valence-corrected chi connectivity index (χ4v) is 4.24. The lowest BCUT2D eigenvalue weighted by Crippen LogP contribution is -2.51. The van der Waals surface area contributed by atoms with Crippen molar-refractivity contribution in [2.75, 3.05) is 18.7 Å². The standard InChI is InChI=1S/C26H25N3O4/c30-21-11-15-29-23(24(21)31)25(32)28(18-27-29)26(13-14-26)12-6-16-33-22-10-5-4-9-20(22)17-19-7-2-1-3-8-19/h1-12,15,27,31H,13-14,16-18H2/b12-6+. The van der Waals surface area contributed by atoms with E-state index in [1.165, 1.54) is 22.5 Å². The van der Waals surface area contributed by atoms with Crippen molar-refractivity contribution in [1.29, 1.82) is 0 Å². The van der Waals surface area contributed by atoms with Gasteiger partial charge in [0.2, 0.25) is 5.43 Å². The number of ether oxygens (including phenoxy) is 1. The fraction of sp³-hybridized carbons (Fsp3) is 0.231. The first-order valence-electron chi connectivity index (χ1n) is 11.0. The second kappa shape index (κ2) is 8.50. The number of carbonyl (C=O) groups is 1. The van der Waals surface area contributed by atoms with Crippen molar-refractivity contribution in [2.24, 2.45) is 0 Å². The van der Waals surface area contributed by atoms with Crippen LogP contribution in [0.25, 0.3) is 0 Å². The number of hydrogen-bond acceptors (Lipinski definition) is 5. The van der Waals surface area contributed by atoms with Gasteiger partial charge in [-0.3, -0.25) is 14.3 Å².